The SMILES string of the molecule is CNS(=O)(=O)CCCN1CC=C(c2c(C)[nH]c3ccccc23)CC1. The molecule has 2 heterocycles. The van der Waals surface area contributed by atoms with Crippen molar-refractivity contribution in [2.45, 2.75) is 19.8 Å². The number of rotatable bonds is 6. The Morgan fingerprint density at radius 2 is 2.08 bits per heavy atom. The van der Waals surface area contributed by atoms with Crippen molar-refractivity contribution in [1.29, 1.82) is 0 Å². The smallest absolute Gasteiger partial charge is 0.211 e. The van der Waals surface area contributed by atoms with Crippen LogP contribution < -0.4 is 4.72 Å². The summed E-state index contributed by atoms with van der Waals surface area (Å²) in [4.78, 5) is 5.78. The lowest BCUT2D eigenvalue weighted by Gasteiger charge is -2.26. The van der Waals surface area contributed by atoms with Gasteiger partial charge in [-0.3, -0.25) is 4.90 Å². The van der Waals surface area contributed by atoms with E-state index in [4.69, 9.17) is 0 Å². The molecule has 0 amide bonds. The lowest BCUT2D eigenvalue weighted by Crippen LogP contribution is -2.31. The molecule has 2 N–H and O–H groups in total. The highest BCUT2D eigenvalue weighted by molar-refractivity contribution is 7.89. The van der Waals surface area contributed by atoms with E-state index in [0.717, 1.165) is 26.1 Å². The monoisotopic (exact) mass is 347 g/mol. The van der Waals surface area contributed by atoms with Crippen molar-refractivity contribution in [3.05, 3.63) is 41.6 Å². The summed E-state index contributed by atoms with van der Waals surface area (Å²) in [5, 5.41) is 1.29. The number of hydrogen-bond acceptors (Lipinski definition) is 3. The van der Waals surface area contributed by atoms with Crippen molar-refractivity contribution < 1.29 is 8.42 Å². The molecule has 6 heteroatoms. The van der Waals surface area contributed by atoms with Gasteiger partial charge < -0.3 is 4.98 Å². The van der Waals surface area contributed by atoms with Gasteiger partial charge in [0, 0.05) is 35.2 Å². The van der Waals surface area contributed by atoms with Crippen LogP contribution in [-0.4, -0.2) is 50.7 Å². The second kappa shape index (κ2) is 7.09. The van der Waals surface area contributed by atoms with Crippen LogP contribution in [0, 0.1) is 6.92 Å². The van der Waals surface area contributed by atoms with E-state index in [2.05, 4.69) is 51.9 Å². The molecule has 0 radical (unpaired) electrons. The number of aromatic nitrogens is 1. The van der Waals surface area contributed by atoms with Crippen molar-refractivity contribution in [2.24, 2.45) is 0 Å². The van der Waals surface area contributed by atoms with E-state index in [9.17, 15) is 8.42 Å². The highest BCUT2D eigenvalue weighted by Gasteiger charge is 2.18. The molecular weight excluding hydrogens is 322 g/mol. The molecule has 5 nitrogen and oxygen atoms in total. The van der Waals surface area contributed by atoms with Gasteiger partial charge in [-0.15, -0.1) is 0 Å². The molecule has 1 aliphatic heterocycles. The molecule has 0 spiro atoms. The first-order chi connectivity index (χ1) is 11.5. The number of nitrogens with zero attached hydrogens (tertiary/aromatic N) is 1. The van der Waals surface area contributed by atoms with Crippen LogP contribution in [-0.2, 0) is 10.0 Å². The normalized spacial score (nSPS) is 16.5. The number of aryl methyl sites for hydroxylation is 1. The van der Waals surface area contributed by atoms with Crippen molar-refractivity contribution in [3.63, 3.8) is 0 Å². The number of para-hydroxylation sites is 1. The maximum Gasteiger partial charge on any atom is 0.211 e. The molecule has 130 valence electrons. The third-order valence-electron chi connectivity index (χ3n) is 4.71. The number of hydrogen-bond donors (Lipinski definition) is 2. The van der Waals surface area contributed by atoms with Gasteiger partial charge in [0.25, 0.3) is 0 Å². The van der Waals surface area contributed by atoms with Gasteiger partial charge in [0.15, 0.2) is 0 Å². The zero-order valence-electron chi connectivity index (χ0n) is 14.3. The summed E-state index contributed by atoms with van der Waals surface area (Å²) in [6, 6.07) is 8.42. The lowest BCUT2D eigenvalue weighted by atomic mass is 9.96. The number of benzene rings is 1. The van der Waals surface area contributed by atoms with Crippen LogP contribution in [0.3, 0.4) is 0 Å². The van der Waals surface area contributed by atoms with E-state index >= 15 is 0 Å². The molecule has 24 heavy (non-hydrogen) atoms. The first-order valence-electron chi connectivity index (χ1n) is 8.40. The maximum absolute atomic E-state index is 11.5. The molecule has 0 fully saturated rings. The van der Waals surface area contributed by atoms with Crippen molar-refractivity contribution in [3.8, 4) is 0 Å². The average molecular weight is 347 g/mol. The van der Waals surface area contributed by atoms with Crippen molar-refractivity contribution in [2.75, 3.05) is 32.4 Å². The van der Waals surface area contributed by atoms with Crippen molar-refractivity contribution in [1.82, 2.24) is 14.6 Å². The van der Waals surface area contributed by atoms with E-state index in [1.807, 2.05) is 0 Å². The van der Waals surface area contributed by atoms with Crippen LogP contribution in [0.25, 0.3) is 16.5 Å². The molecule has 1 aromatic carbocycles. The minimum atomic E-state index is -3.09. The summed E-state index contributed by atoms with van der Waals surface area (Å²) in [7, 11) is -1.63. The predicted octanol–water partition coefficient (Wildman–Crippen LogP) is 2.50. The van der Waals surface area contributed by atoms with Gasteiger partial charge in [-0.1, -0.05) is 24.3 Å². The Balaban J connectivity index is 1.66. The number of fused-ring (bicyclic) bond motifs is 1. The van der Waals surface area contributed by atoms with Gasteiger partial charge in [-0.05, 0) is 45.0 Å². The molecular formula is C18H25N3O2S. The fraction of sp³-hybridized carbons (Fsp3) is 0.444. The molecule has 0 saturated carbocycles. The summed E-state index contributed by atoms with van der Waals surface area (Å²) >= 11 is 0. The Hall–Kier alpha value is -1.63. The third kappa shape index (κ3) is 3.71. The van der Waals surface area contributed by atoms with Gasteiger partial charge in [-0.2, -0.15) is 0 Å². The quantitative estimate of drug-likeness (QED) is 0.844. The largest absolute Gasteiger partial charge is 0.358 e. The van der Waals surface area contributed by atoms with Gasteiger partial charge in [0.05, 0.1) is 5.75 Å². The fourth-order valence-electron chi connectivity index (χ4n) is 3.41. The van der Waals surface area contributed by atoms with Gasteiger partial charge in [-0.25, -0.2) is 13.1 Å². The molecule has 0 atom stereocenters. The Labute approximate surface area is 143 Å². The maximum atomic E-state index is 11.5. The van der Waals surface area contributed by atoms with Crippen LogP contribution >= 0.6 is 0 Å². The van der Waals surface area contributed by atoms with Gasteiger partial charge >= 0.3 is 0 Å². The first-order valence-corrected chi connectivity index (χ1v) is 10.1. The first kappa shape index (κ1) is 17.2. The number of nitrogens with one attached hydrogen (secondary N) is 2. The van der Waals surface area contributed by atoms with E-state index in [-0.39, 0.29) is 5.75 Å². The summed E-state index contributed by atoms with van der Waals surface area (Å²) in [5.41, 5.74) is 5.13. The Morgan fingerprint density at radius 3 is 2.79 bits per heavy atom. The number of aromatic amines is 1. The molecule has 1 aliphatic rings. The van der Waals surface area contributed by atoms with Gasteiger partial charge in [0.2, 0.25) is 10.0 Å². The fourth-order valence-corrected chi connectivity index (χ4v) is 4.13. The molecule has 1 aromatic heterocycles. The topological polar surface area (TPSA) is 65.2 Å². The Morgan fingerprint density at radius 1 is 1.29 bits per heavy atom. The van der Waals surface area contributed by atoms with E-state index in [0.29, 0.717) is 6.42 Å². The zero-order valence-corrected chi connectivity index (χ0v) is 15.1. The summed E-state index contributed by atoms with van der Waals surface area (Å²) in [5.74, 6) is 0.193. The molecule has 0 aliphatic carbocycles. The van der Waals surface area contributed by atoms with E-state index in [1.165, 1.54) is 34.8 Å². The minimum absolute atomic E-state index is 0.193. The zero-order chi connectivity index (χ0) is 17.2. The average Bonchev–Trinajstić information content (AvgIpc) is 2.91. The van der Waals surface area contributed by atoms with Crippen LogP contribution in [0.2, 0.25) is 0 Å². The van der Waals surface area contributed by atoms with Crippen LogP contribution in [0.1, 0.15) is 24.1 Å². The van der Waals surface area contributed by atoms with Gasteiger partial charge in [0.1, 0.15) is 0 Å². The second-order valence-corrected chi connectivity index (χ2v) is 8.37. The highest BCUT2D eigenvalue weighted by atomic mass is 32.2. The third-order valence-corrected chi connectivity index (χ3v) is 6.15. The van der Waals surface area contributed by atoms with Crippen molar-refractivity contribution >= 4 is 26.5 Å². The Bertz CT molecular complexity index is 852. The number of H-pyrrole nitrogens is 1. The summed E-state index contributed by atoms with van der Waals surface area (Å²) < 4.78 is 25.3. The van der Waals surface area contributed by atoms with E-state index in [1.54, 1.807) is 0 Å². The summed E-state index contributed by atoms with van der Waals surface area (Å²) in [6.07, 6.45) is 3.96. The Kier molecular flexibility index (Phi) is 5.08. The van der Waals surface area contributed by atoms with E-state index < -0.39 is 10.0 Å². The molecule has 3 rings (SSSR count). The highest BCUT2D eigenvalue weighted by Crippen LogP contribution is 2.32. The molecule has 0 unspecified atom stereocenters. The summed E-state index contributed by atoms with van der Waals surface area (Å²) in [6.45, 7) is 4.81. The predicted molar refractivity (Wildman–Crippen MR) is 99.5 cm³/mol. The van der Waals surface area contributed by atoms with Crippen LogP contribution in [0.15, 0.2) is 30.3 Å². The second-order valence-electron chi connectivity index (χ2n) is 6.33. The lowest BCUT2D eigenvalue weighted by molar-refractivity contribution is 0.303. The molecule has 2 aromatic rings. The molecule has 0 bridgehead atoms. The van der Waals surface area contributed by atoms with Crippen LogP contribution in [0.4, 0.5) is 0 Å². The van der Waals surface area contributed by atoms with Crippen LogP contribution in [0.5, 0.6) is 0 Å². The standard InChI is InChI=1S/C18H25N3O2S/c1-14-18(16-6-3-4-7-17(16)20-14)15-8-11-21(12-9-15)10-5-13-24(22,23)19-2/h3-4,6-8,19-20H,5,9-13H2,1-2H3. The number of sulfonamides is 1. The minimum Gasteiger partial charge on any atom is -0.358 e. The molecule has 0 saturated heterocycles.